The van der Waals surface area contributed by atoms with Gasteiger partial charge in [0.05, 0.1) is 5.69 Å². The van der Waals surface area contributed by atoms with Crippen molar-refractivity contribution in [3.05, 3.63) is 24.3 Å². The predicted molar refractivity (Wildman–Crippen MR) is 85.9 cm³/mol. The number of hydrogen-bond acceptors (Lipinski definition) is 4. The first kappa shape index (κ1) is 14.6. The lowest BCUT2D eigenvalue weighted by atomic mass is 9.87. The van der Waals surface area contributed by atoms with E-state index in [0.717, 1.165) is 44.5 Å². The molecule has 2 aromatic heterocycles. The van der Waals surface area contributed by atoms with Crippen molar-refractivity contribution >= 4 is 11.7 Å². The average molecular weight is 313 g/mol. The van der Waals surface area contributed by atoms with Crippen LogP contribution in [0.25, 0.3) is 5.78 Å². The Labute approximate surface area is 135 Å². The van der Waals surface area contributed by atoms with Gasteiger partial charge in [-0.05, 0) is 31.7 Å². The smallest absolute Gasteiger partial charge is 0.252 e. The summed E-state index contributed by atoms with van der Waals surface area (Å²) < 4.78 is 1.82. The van der Waals surface area contributed by atoms with E-state index in [1.165, 1.54) is 19.3 Å². The number of likely N-dealkylation sites (tertiary alicyclic amines) is 1. The van der Waals surface area contributed by atoms with Crippen LogP contribution >= 0.6 is 0 Å². The van der Waals surface area contributed by atoms with E-state index in [-0.39, 0.29) is 5.92 Å². The third-order valence-electron chi connectivity index (χ3n) is 5.32. The fourth-order valence-electron chi connectivity index (χ4n) is 4.09. The molecule has 2 aliphatic rings. The van der Waals surface area contributed by atoms with Gasteiger partial charge in [0.25, 0.3) is 5.78 Å². The lowest BCUT2D eigenvalue weighted by molar-refractivity contribution is -0.137. The Kier molecular flexibility index (Phi) is 3.97. The summed E-state index contributed by atoms with van der Waals surface area (Å²) >= 11 is 0. The highest BCUT2D eigenvalue weighted by atomic mass is 16.2. The summed E-state index contributed by atoms with van der Waals surface area (Å²) in [5.41, 5.74) is 1.12. The van der Waals surface area contributed by atoms with E-state index in [1.54, 1.807) is 12.5 Å². The normalized spacial score (nSPS) is 23.3. The van der Waals surface area contributed by atoms with Crippen LogP contribution < -0.4 is 0 Å². The molecule has 1 aliphatic heterocycles. The summed E-state index contributed by atoms with van der Waals surface area (Å²) in [5.74, 6) is 1.59. The van der Waals surface area contributed by atoms with Crippen LogP contribution in [0.3, 0.4) is 0 Å². The van der Waals surface area contributed by atoms with E-state index in [4.69, 9.17) is 0 Å². The summed E-state index contributed by atoms with van der Waals surface area (Å²) in [4.78, 5) is 23.3. The van der Waals surface area contributed by atoms with Gasteiger partial charge in [-0.25, -0.2) is 9.50 Å². The van der Waals surface area contributed by atoms with Crippen LogP contribution in [0, 0.1) is 5.92 Å². The molecule has 4 rings (SSSR count). The number of carbonyl (C=O) groups is 1. The number of carbonyl (C=O) groups excluding carboxylic acids is 1. The maximum Gasteiger partial charge on any atom is 0.252 e. The van der Waals surface area contributed by atoms with Gasteiger partial charge in [-0.3, -0.25) is 4.79 Å². The van der Waals surface area contributed by atoms with E-state index in [0.29, 0.717) is 17.6 Å². The van der Waals surface area contributed by atoms with Crippen molar-refractivity contribution in [2.24, 2.45) is 5.92 Å². The molecule has 1 saturated heterocycles. The van der Waals surface area contributed by atoms with Gasteiger partial charge in [-0.2, -0.15) is 10.1 Å². The number of nitrogens with zero attached hydrogens (tertiary/aromatic N) is 5. The highest BCUT2D eigenvalue weighted by Crippen LogP contribution is 2.30. The van der Waals surface area contributed by atoms with Gasteiger partial charge >= 0.3 is 0 Å². The molecule has 1 atom stereocenters. The van der Waals surface area contributed by atoms with Gasteiger partial charge in [0, 0.05) is 31.1 Å². The van der Waals surface area contributed by atoms with Gasteiger partial charge < -0.3 is 4.90 Å². The molecule has 122 valence electrons. The second-order valence-corrected chi connectivity index (χ2v) is 6.80. The maximum atomic E-state index is 12.8. The van der Waals surface area contributed by atoms with Crippen LogP contribution in [0.15, 0.2) is 18.6 Å². The molecule has 6 heteroatoms. The summed E-state index contributed by atoms with van der Waals surface area (Å²) in [7, 11) is 0. The van der Waals surface area contributed by atoms with Crippen molar-refractivity contribution in [3.8, 4) is 0 Å². The molecule has 0 spiro atoms. The number of rotatable bonds is 2. The third-order valence-corrected chi connectivity index (χ3v) is 5.32. The minimum Gasteiger partial charge on any atom is -0.342 e. The third kappa shape index (κ3) is 2.82. The van der Waals surface area contributed by atoms with E-state index in [1.807, 2.05) is 10.6 Å². The molecule has 0 bridgehead atoms. The molecule has 0 unspecified atom stereocenters. The standard InChI is InChI=1S/C17H23N5O/c23-16(13-5-2-1-3-6-13)21-10-4-7-14(11-21)15-8-9-18-17-19-12-20-22(15)17/h8-9,12-14H,1-7,10-11H2/t14-/m0/s1. The molecule has 2 aromatic rings. The molecule has 6 nitrogen and oxygen atoms in total. The Morgan fingerprint density at radius 1 is 1.09 bits per heavy atom. The predicted octanol–water partition coefficient (Wildman–Crippen LogP) is 2.41. The number of fused-ring (bicyclic) bond motifs is 1. The summed E-state index contributed by atoms with van der Waals surface area (Å²) in [6.45, 7) is 1.70. The fraction of sp³-hybridized carbons (Fsp3) is 0.647. The monoisotopic (exact) mass is 313 g/mol. The lowest BCUT2D eigenvalue weighted by Gasteiger charge is -2.36. The van der Waals surface area contributed by atoms with Gasteiger partial charge in [0.15, 0.2) is 0 Å². The van der Waals surface area contributed by atoms with Crippen molar-refractivity contribution in [3.63, 3.8) is 0 Å². The number of aromatic nitrogens is 4. The Morgan fingerprint density at radius 3 is 2.83 bits per heavy atom. The first-order chi connectivity index (χ1) is 11.3. The second-order valence-electron chi connectivity index (χ2n) is 6.80. The van der Waals surface area contributed by atoms with E-state index >= 15 is 0 Å². The molecule has 0 radical (unpaired) electrons. The minimum atomic E-state index is 0.256. The SMILES string of the molecule is O=C(C1CCCCC1)N1CCC[C@H](c2ccnc3ncnn23)C1. The Bertz CT molecular complexity index is 691. The van der Waals surface area contributed by atoms with Crippen molar-refractivity contribution in [1.29, 1.82) is 0 Å². The number of piperidine rings is 1. The number of amides is 1. The molecule has 1 amide bonds. The van der Waals surface area contributed by atoms with Crippen LogP contribution in [-0.4, -0.2) is 43.5 Å². The van der Waals surface area contributed by atoms with Crippen LogP contribution in [0.4, 0.5) is 0 Å². The highest BCUT2D eigenvalue weighted by molar-refractivity contribution is 5.79. The fourth-order valence-corrected chi connectivity index (χ4v) is 4.09. The Hall–Kier alpha value is -1.98. The molecular weight excluding hydrogens is 290 g/mol. The lowest BCUT2D eigenvalue weighted by Crippen LogP contribution is -2.43. The largest absolute Gasteiger partial charge is 0.342 e. The van der Waals surface area contributed by atoms with Gasteiger partial charge in [0.2, 0.25) is 5.91 Å². The molecule has 2 fully saturated rings. The molecule has 3 heterocycles. The van der Waals surface area contributed by atoms with Gasteiger partial charge in [-0.1, -0.05) is 19.3 Å². The maximum absolute atomic E-state index is 12.8. The zero-order valence-corrected chi connectivity index (χ0v) is 13.4. The highest BCUT2D eigenvalue weighted by Gasteiger charge is 2.31. The average Bonchev–Trinajstić information content (AvgIpc) is 3.10. The topological polar surface area (TPSA) is 63.4 Å². The van der Waals surface area contributed by atoms with Crippen LogP contribution in [0.2, 0.25) is 0 Å². The van der Waals surface area contributed by atoms with E-state index in [2.05, 4.69) is 20.0 Å². The quantitative estimate of drug-likeness (QED) is 0.854. The van der Waals surface area contributed by atoms with Crippen molar-refractivity contribution < 1.29 is 4.79 Å². The van der Waals surface area contributed by atoms with E-state index < -0.39 is 0 Å². The molecular formula is C17H23N5O. The van der Waals surface area contributed by atoms with Crippen molar-refractivity contribution in [2.45, 2.75) is 50.9 Å². The minimum absolute atomic E-state index is 0.256. The Balaban J connectivity index is 1.52. The molecule has 0 N–H and O–H groups in total. The zero-order chi connectivity index (χ0) is 15.6. The first-order valence-corrected chi connectivity index (χ1v) is 8.76. The van der Waals surface area contributed by atoms with Crippen LogP contribution in [0.1, 0.15) is 56.6 Å². The Morgan fingerprint density at radius 2 is 1.96 bits per heavy atom. The zero-order valence-electron chi connectivity index (χ0n) is 13.4. The number of hydrogen-bond donors (Lipinski definition) is 0. The molecule has 0 aromatic carbocycles. The summed E-state index contributed by atoms with van der Waals surface area (Å²) in [6.07, 6.45) is 11.3. The second kappa shape index (κ2) is 6.26. The van der Waals surface area contributed by atoms with Crippen LogP contribution in [-0.2, 0) is 4.79 Å². The van der Waals surface area contributed by atoms with Gasteiger partial charge in [0.1, 0.15) is 6.33 Å². The van der Waals surface area contributed by atoms with Crippen LogP contribution in [0.5, 0.6) is 0 Å². The van der Waals surface area contributed by atoms with Crippen molar-refractivity contribution in [2.75, 3.05) is 13.1 Å². The summed E-state index contributed by atoms with van der Waals surface area (Å²) in [5, 5.41) is 4.29. The van der Waals surface area contributed by atoms with E-state index in [9.17, 15) is 4.79 Å². The van der Waals surface area contributed by atoms with Gasteiger partial charge in [-0.15, -0.1) is 0 Å². The first-order valence-electron chi connectivity index (χ1n) is 8.76. The van der Waals surface area contributed by atoms with Crippen molar-refractivity contribution in [1.82, 2.24) is 24.5 Å². The molecule has 1 saturated carbocycles. The molecule has 1 aliphatic carbocycles. The molecule has 23 heavy (non-hydrogen) atoms. The summed E-state index contributed by atoms with van der Waals surface area (Å²) in [6, 6.07) is 2.01.